The summed E-state index contributed by atoms with van der Waals surface area (Å²) in [6.45, 7) is 2.01. The highest BCUT2D eigenvalue weighted by Crippen LogP contribution is 2.29. The van der Waals surface area contributed by atoms with Gasteiger partial charge in [-0.15, -0.1) is 11.3 Å². The van der Waals surface area contributed by atoms with E-state index in [2.05, 4.69) is 26.1 Å². The van der Waals surface area contributed by atoms with Crippen LogP contribution in [0.25, 0.3) is 10.7 Å². The number of imidazole rings is 1. The first-order chi connectivity index (χ1) is 9.66. The van der Waals surface area contributed by atoms with Crippen LogP contribution in [-0.2, 0) is 7.05 Å². The number of hydrogen-bond donors (Lipinski definition) is 1. The highest BCUT2D eigenvalue weighted by atomic mass is 32.1. The molecule has 0 aliphatic carbocycles. The van der Waals surface area contributed by atoms with Gasteiger partial charge in [-0.1, -0.05) is 6.07 Å². The second kappa shape index (κ2) is 5.22. The minimum Gasteiger partial charge on any atom is -0.326 e. The van der Waals surface area contributed by atoms with E-state index in [1.807, 2.05) is 44.8 Å². The molecule has 0 spiro atoms. The van der Waals surface area contributed by atoms with Gasteiger partial charge in [0.1, 0.15) is 0 Å². The minimum atomic E-state index is -0.0351. The molecule has 0 aliphatic rings. The molecule has 2 atom stereocenters. The molecule has 0 aliphatic heterocycles. The largest absolute Gasteiger partial charge is 0.326 e. The number of aryl methyl sites for hydroxylation is 1. The first-order valence-electron chi connectivity index (χ1n) is 6.47. The number of nitrogens with two attached hydrogens (primary N) is 1. The molecule has 3 aromatic heterocycles. The summed E-state index contributed by atoms with van der Waals surface area (Å²) in [5, 5.41) is 6.31. The highest BCUT2D eigenvalue weighted by Gasteiger charge is 2.23. The maximum Gasteiger partial charge on any atom is 0.150 e. The average molecular weight is 287 g/mol. The fourth-order valence-electron chi connectivity index (χ4n) is 2.44. The maximum atomic E-state index is 6.21. The summed E-state index contributed by atoms with van der Waals surface area (Å²) < 4.78 is 3.93. The van der Waals surface area contributed by atoms with Crippen LogP contribution in [0.1, 0.15) is 18.5 Å². The number of nitrogens with zero attached hydrogens (tertiary/aromatic N) is 4. The minimum absolute atomic E-state index is 0.0308. The summed E-state index contributed by atoms with van der Waals surface area (Å²) in [6, 6.07) is 4.10. The predicted molar refractivity (Wildman–Crippen MR) is 80.5 cm³/mol. The van der Waals surface area contributed by atoms with Crippen LogP contribution in [0.4, 0.5) is 0 Å². The second-order valence-electron chi connectivity index (χ2n) is 4.89. The fraction of sp³-hybridized carbons (Fsp3) is 0.286. The van der Waals surface area contributed by atoms with Crippen molar-refractivity contribution < 1.29 is 0 Å². The van der Waals surface area contributed by atoms with Crippen molar-refractivity contribution in [2.24, 2.45) is 12.8 Å². The topological polar surface area (TPSA) is 61.7 Å². The summed E-state index contributed by atoms with van der Waals surface area (Å²) in [5.74, 6) is 0.950. The molecule has 5 nitrogen and oxygen atoms in total. The smallest absolute Gasteiger partial charge is 0.150 e. The van der Waals surface area contributed by atoms with Crippen LogP contribution in [0.3, 0.4) is 0 Å². The lowest BCUT2D eigenvalue weighted by Gasteiger charge is -2.23. The van der Waals surface area contributed by atoms with Gasteiger partial charge in [-0.05, 0) is 18.4 Å². The molecular weight excluding hydrogens is 270 g/mol. The third-order valence-electron chi connectivity index (χ3n) is 3.27. The summed E-state index contributed by atoms with van der Waals surface area (Å²) in [6.07, 6.45) is 7.68. The molecule has 0 fully saturated rings. The van der Waals surface area contributed by atoms with Gasteiger partial charge in [0.25, 0.3) is 0 Å². The molecule has 2 N–H and O–H groups in total. The Balaban J connectivity index is 2.07. The van der Waals surface area contributed by atoms with Crippen LogP contribution in [0.2, 0.25) is 0 Å². The highest BCUT2D eigenvalue weighted by molar-refractivity contribution is 7.13. The van der Waals surface area contributed by atoms with Crippen molar-refractivity contribution in [1.82, 2.24) is 19.3 Å². The first-order valence-corrected chi connectivity index (χ1v) is 7.35. The van der Waals surface area contributed by atoms with E-state index in [0.29, 0.717) is 0 Å². The Morgan fingerprint density at radius 1 is 1.40 bits per heavy atom. The number of thiophene rings is 1. The third-order valence-corrected chi connectivity index (χ3v) is 4.14. The van der Waals surface area contributed by atoms with E-state index >= 15 is 0 Å². The van der Waals surface area contributed by atoms with E-state index < -0.39 is 0 Å². The number of aromatic nitrogens is 4. The van der Waals surface area contributed by atoms with E-state index in [1.165, 1.54) is 0 Å². The molecular formula is C14H17N5S. The van der Waals surface area contributed by atoms with Crippen LogP contribution in [0, 0.1) is 0 Å². The maximum absolute atomic E-state index is 6.21. The lowest BCUT2D eigenvalue weighted by Crippen LogP contribution is -2.30. The molecule has 0 amide bonds. The Morgan fingerprint density at radius 3 is 2.85 bits per heavy atom. The molecule has 6 heteroatoms. The van der Waals surface area contributed by atoms with Crippen LogP contribution in [-0.4, -0.2) is 25.4 Å². The molecule has 3 aromatic rings. The standard InChI is InChI=1S/C14H17N5S/c1-10(15)13(11-8-17-18(2)9-11)19-6-5-16-14(19)12-4-3-7-20-12/h3-10,13H,15H2,1-2H3. The SMILES string of the molecule is CC(N)C(c1cnn(C)c1)n1ccnc1-c1cccs1. The number of hydrogen-bond acceptors (Lipinski definition) is 4. The molecule has 0 saturated carbocycles. The van der Waals surface area contributed by atoms with Crippen molar-refractivity contribution in [3.05, 3.63) is 47.9 Å². The van der Waals surface area contributed by atoms with Gasteiger partial charge in [0.15, 0.2) is 5.82 Å². The predicted octanol–water partition coefficient (Wildman–Crippen LogP) is 2.28. The molecule has 0 aromatic carbocycles. The van der Waals surface area contributed by atoms with E-state index in [9.17, 15) is 0 Å². The Labute approximate surface area is 121 Å². The zero-order valence-electron chi connectivity index (χ0n) is 11.5. The van der Waals surface area contributed by atoms with Crippen LogP contribution >= 0.6 is 11.3 Å². The van der Waals surface area contributed by atoms with E-state index in [-0.39, 0.29) is 12.1 Å². The third kappa shape index (κ3) is 2.28. The van der Waals surface area contributed by atoms with Gasteiger partial charge < -0.3 is 10.3 Å². The molecule has 0 radical (unpaired) electrons. The summed E-state index contributed by atoms with van der Waals surface area (Å²) in [7, 11) is 1.91. The van der Waals surface area contributed by atoms with E-state index in [4.69, 9.17) is 5.73 Å². The average Bonchev–Trinajstić information content (AvgIpc) is 3.10. The van der Waals surface area contributed by atoms with Crippen molar-refractivity contribution in [3.8, 4) is 10.7 Å². The normalized spacial score (nSPS) is 14.3. The molecule has 0 saturated heterocycles. The second-order valence-corrected chi connectivity index (χ2v) is 5.83. The van der Waals surface area contributed by atoms with Gasteiger partial charge in [0.2, 0.25) is 0 Å². The Hall–Kier alpha value is -1.92. The van der Waals surface area contributed by atoms with Gasteiger partial charge in [-0.2, -0.15) is 5.10 Å². The zero-order chi connectivity index (χ0) is 14.1. The molecule has 2 unspecified atom stereocenters. The molecule has 3 rings (SSSR count). The summed E-state index contributed by atoms with van der Waals surface area (Å²) in [4.78, 5) is 5.63. The van der Waals surface area contributed by atoms with Gasteiger partial charge in [-0.25, -0.2) is 4.98 Å². The van der Waals surface area contributed by atoms with Crippen LogP contribution in [0.5, 0.6) is 0 Å². The quantitative estimate of drug-likeness (QED) is 0.801. The van der Waals surface area contributed by atoms with Crippen molar-refractivity contribution in [1.29, 1.82) is 0 Å². The molecule has 20 heavy (non-hydrogen) atoms. The van der Waals surface area contributed by atoms with Crippen molar-refractivity contribution in [2.45, 2.75) is 19.0 Å². The van der Waals surface area contributed by atoms with Crippen molar-refractivity contribution in [2.75, 3.05) is 0 Å². The van der Waals surface area contributed by atoms with E-state index in [0.717, 1.165) is 16.3 Å². The lowest BCUT2D eigenvalue weighted by atomic mass is 10.0. The van der Waals surface area contributed by atoms with Gasteiger partial charge in [-0.3, -0.25) is 4.68 Å². The van der Waals surface area contributed by atoms with Crippen LogP contribution in [0.15, 0.2) is 42.3 Å². The summed E-state index contributed by atoms with van der Waals surface area (Å²) in [5.41, 5.74) is 7.30. The van der Waals surface area contributed by atoms with Crippen LogP contribution < -0.4 is 5.73 Å². The monoisotopic (exact) mass is 287 g/mol. The lowest BCUT2D eigenvalue weighted by molar-refractivity contribution is 0.500. The van der Waals surface area contributed by atoms with Crippen molar-refractivity contribution >= 4 is 11.3 Å². The van der Waals surface area contributed by atoms with E-state index in [1.54, 1.807) is 16.0 Å². The molecule has 0 bridgehead atoms. The van der Waals surface area contributed by atoms with Gasteiger partial charge in [0, 0.05) is 37.2 Å². The Kier molecular flexibility index (Phi) is 3.42. The molecule has 3 heterocycles. The zero-order valence-corrected chi connectivity index (χ0v) is 12.3. The van der Waals surface area contributed by atoms with Gasteiger partial charge in [0.05, 0.1) is 17.1 Å². The summed E-state index contributed by atoms with van der Waals surface area (Å²) >= 11 is 1.68. The first kappa shape index (κ1) is 13.1. The fourth-order valence-corrected chi connectivity index (χ4v) is 3.17. The number of rotatable bonds is 4. The Morgan fingerprint density at radius 2 is 2.25 bits per heavy atom. The van der Waals surface area contributed by atoms with Crippen molar-refractivity contribution in [3.63, 3.8) is 0 Å². The Bertz CT molecular complexity index is 680. The molecule has 104 valence electrons. The van der Waals surface area contributed by atoms with Gasteiger partial charge >= 0.3 is 0 Å².